The molecule has 1 N–H and O–H groups in total. The molecule has 0 amide bonds. The summed E-state index contributed by atoms with van der Waals surface area (Å²) in [5.41, 5.74) is 0.224. The second-order valence-electron chi connectivity index (χ2n) is 5.08. The molecule has 0 unspecified atom stereocenters. The van der Waals surface area contributed by atoms with Crippen LogP contribution >= 0.6 is 0 Å². The summed E-state index contributed by atoms with van der Waals surface area (Å²) in [6.45, 7) is 5.49. The van der Waals surface area contributed by atoms with Crippen molar-refractivity contribution in [3.63, 3.8) is 0 Å². The number of carbonyl (C=O) groups is 1. The van der Waals surface area contributed by atoms with Gasteiger partial charge in [0.1, 0.15) is 0 Å². The third kappa shape index (κ3) is 6.52. The van der Waals surface area contributed by atoms with E-state index in [0.717, 1.165) is 38.5 Å². The number of carboxylic acids is 1. The quantitative estimate of drug-likeness (QED) is 0.609. The molecule has 0 atom stereocenters. The van der Waals surface area contributed by atoms with Crippen molar-refractivity contribution in [2.45, 2.75) is 52.4 Å². The number of carboxylic acid groups (broad SMARTS) is 1. The average molecular weight is 294 g/mol. The van der Waals surface area contributed by atoms with Gasteiger partial charge in [-0.1, -0.05) is 39.5 Å². The Hall–Kier alpha value is -1.71. The van der Waals surface area contributed by atoms with Crippen molar-refractivity contribution >= 4 is 5.97 Å². The molecule has 0 saturated heterocycles. The molecule has 118 valence electrons. The van der Waals surface area contributed by atoms with Crippen LogP contribution in [0.15, 0.2) is 18.2 Å². The van der Waals surface area contributed by atoms with E-state index >= 15 is 0 Å². The van der Waals surface area contributed by atoms with E-state index in [4.69, 9.17) is 14.6 Å². The third-order valence-electron chi connectivity index (χ3n) is 3.20. The Bertz CT molecular complexity index is 429. The Morgan fingerprint density at radius 1 is 0.952 bits per heavy atom. The maximum atomic E-state index is 11.0. The molecule has 4 nitrogen and oxygen atoms in total. The fourth-order valence-electron chi connectivity index (χ4n) is 1.94. The first-order valence-corrected chi connectivity index (χ1v) is 7.82. The molecule has 0 heterocycles. The first-order chi connectivity index (χ1) is 10.2. The summed E-state index contributed by atoms with van der Waals surface area (Å²) in [5, 5.41) is 9.06. The molecule has 0 aromatic heterocycles. The normalized spacial score (nSPS) is 10.4. The summed E-state index contributed by atoms with van der Waals surface area (Å²) in [4.78, 5) is 11.0. The van der Waals surface area contributed by atoms with Crippen LogP contribution in [0.2, 0.25) is 0 Å². The monoisotopic (exact) mass is 294 g/mol. The van der Waals surface area contributed by atoms with E-state index in [1.807, 2.05) is 0 Å². The van der Waals surface area contributed by atoms with Gasteiger partial charge in [0.15, 0.2) is 11.5 Å². The molecule has 1 aromatic rings. The van der Waals surface area contributed by atoms with Crippen LogP contribution in [0, 0.1) is 0 Å². The molecular weight excluding hydrogens is 268 g/mol. The van der Waals surface area contributed by atoms with Crippen molar-refractivity contribution in [1.82, 2.24) is 0 Å². The van der Waals surface area contributed by atoms with Crippen molar-refractivity contribution < 1.29 is 19.4 Å². The predicted molar refractivity (Wildman–Crippen MR) is 83.4 cm³/mol. The molecule has 0 saturated carbocycles. The van der Waals surface area contributed by atoms with Crippen LogP contribution < -0.4 is 9.47 Å². The second-order valence-corrected chi connectivity index (χ2v) is 5.08. The molecular formula is C17H26O4. The van der Waals surface area contributed by atoms with Gasteiger partial charge in [0, 0.05) is 0 Å². The lowest BCUT2D eigenvalue weighted by Crippen LogP contribution is -2.04. The lowest BCUT2D eigenvalue weighted by atomic mass is 10.2. The summed E-state index contributed by atoms with van der Waals surface area (Å²) in [7, 11) is 0. The van der Waals surface area contributed by atoms with Gasteiger partial charge in [-0.2, -0.15) is 0 Å². The topological polar surface area (TPSA) is 55.8 Å². The standard InChI is InChI=1S/C17H26O4/c1-3-5-7-11-20-15-10-9-14(17(18)19)13-16(15)21-12-8-6-4-2/h9-10,13H,3-8,11-12H2,1-2H3,(H,18,19). The molecule has 0 bridgehead atoms. The second kappa shape index (κ2) is 10.1. The molecule has 21 heavy (non-hydrogen) atoms. The van der Waals surface area contributed by atoms with Gasteiger partial charge in [-0.05, 0) is 31.0 Å². The molecule has 0 aliphatic heterocycles. The van der Waals surface area contributed by atoms with E-state index in [1.165, 1.54) is 0 Å². The van der Waals surface area contributed by atoms with Crippen LogP contribution in [-0.2, 0) is 0 Å². The van der Waals surface area contributed by atoms with Crippen molar-refractivity contribution in [1.29, 1.82) is 0 Å². The first-order valence-electron chi connectivity index (χ1n) is 7.82. The SMILES string of the molecule is CCCCCOc1ccc(C(=O)O)cc1OCCCCC. The van der Waals surface area contributed by atoms with Crippen LogP contribution in [0.4, 0.5) is 0 Å². The molecule has 0 aliphatic rings. The summed E-state index contributed by atoms with van der Waals surface area (Å²) >= 11 is 0. The number of unbranched alkanes of at least 4 members (excludes halogenated alkanes) is 4. The Morgan fingerprint density at radius 3 is 2.05 bits per heavy atom. The van der Waals surface area contributed by atoms with Crippen molar-refractivity contribution in [3.05, 3.63) is 23.8 Å². The van der Waals surface area contributed by atoms with E-state index in [9.17, 15) is 4.79 Å². The highest BCUT2D eigenvalue weighted by molar-refractivity contribution is 5.88. The number of benzene rings is 1. The highest BCUT2D eigenvalue weighted by Gasteiger charge is 2.10. The zero-order valence-electron chi connectivity index (χ0n) is 13.1. The number of rotatable bonds is 11. The maximum absolute atomic E-state index is 11.0. The van der Waals surface area contributed by atoms with Gasteiger partial charge in [-0.3, -0.25) is 0 Å². The Labute approximate surface area is 127 Å². The maximum Gasteiger partial charge on any atom is 0.335 e. The minimum absolute atomic E-state index is 0.224. The van der Waals surface area contributed by atoms with Gasteiger partial charge in [0.05, 0.1) is 18.8 Å². The fraction of sp³-hybridized carbons (Fsp3) is 0.588. The predicted octanol–water partition coefficient (Wildman–Crippen LogP) is 4.52. The van der Waals surface area contributed by atoms with Crippen LogP contribution in [-0.4, -0.2) is 24.3 Å². The number of ether oxygens (including phenoxy) is 2. The van der Waals surface area contributed by atoms with Gasteiger partial charge < -0.3 is 14.6 Å². The minimum atomic E-state index is -0.953. The molecule has 0 radical (unpaired) electrons. The number of aromatic carboxylic acids is 1. The summed E-state index contributed by atoms with van der Waals surface area (Å²) in [5.74, 6) is 0.209. The van der Waals surface area contributed by atoms with E-state index in [1.54, 1.807) is 18.2 Å². The Kier molecular flexibility index (Phi) is 8.32. The van der Waals surface area contributed by atoms with Crippen molar-refractivity contribution in [2.24, 2.45) is 0 Å². The average Bonchev–Trinajstić information content (AvgIpc) is 2.48. The Morgan fingerprint density at radius 2 is 1.52 bits per heavy atom. The van der Waals surface area contributed by atoms with Gasteiger partial charge in [-0.25, -0.2) is 4.79 Å². The molecule has 0 aliphatic carbocycles. The van der Waals surface area contributed by atoms with E-state index in [2.05, 4.69) is 13.8 Å². The van der Waals surface area contributed by atoms with E-state index in [0.29, 0.717) is 24.7 Å². The van der Waals surface area contributed by atoms with Crippen LogP contribution in [0.1, 0.15) is 62.7 Å². The lowest BCUT2D eigenvalue weighted by Gasteiger charge is -2.13. The van der Waals surface area contributed by atoms with E-state index < -0.39 is 5.97 Å². The van der Waals surface area contributed by atoms with Crippen LogP contribution in [0.25, 0.3) is 0 Å². The van der Waals surface area contributed by atoms with Gasteiger partial charge >= 0.3 is 5.97 Å². The van der Waals surface area contributed by atoms with Gasteiger partial charge in [0.25, 0.3) is 0 Å². The van der Waals surface area contributed by atoms with Crippen molar-refractivity contribution in [2.75, 3.05) is 13.2 Å². The smallest absolute Gasteiger partial charge is 0.335 e. The molecule has 0 fully saturated rings. The zero-order valence-corrected chi connectivity index (χ0v) is 13.1. The van der Waals surface area contributed by atoms with Crippen molar-refractivity contribution in [3.8, 4) is 11.5 Å². The van der Waals surface area contributed by atoms with Crippen LogP contribution in [0.3, 0.4) is 0 Å². The largest absolute Gasteiger partial charge is 0.490 e. The van der Waals surface area contributed by atoms with Gasteiger partial charge in [0.2, 0.25) is 0 Å². The highest BCUT2D eigenvalue weighted by atomic mass is 16.5. The lowest BCUT2D eigenvalue weighted by molar-refractivity contribution is 0.0696. The summed E-state index contributed by atoms with van der Waals surface area (Å²) < 4.78 is 11.4. The van der Waals surface area contributed by atoms with Gasteiger partial charge in [-0.15, -0.1) is 0 Å². The summed E-state index contributed by atoms with van der Waals surface area (Å²) in [6.07, 6.45) is 6.45. The number of hydrogen-bond donors (Lipinski definition) is 1. The zero-order chi connectivity index (χ0) is 15.5. The molecule has 1 rings (SSSR count). The highest BCUT2D eigenvalue weighted by Crippen LogP contribution is 2.29. The minimum Gasteiger partial charge on any atom is -0.490 e. The molecule has 4 heteroatoms. The fourth-order valence-corrected chi connectivity index (χ4v) is 1.94. The third-order valence-corrected chi connectivity index (χ3v) is 3.20. The summed E-state index contributed by atoms with van der Waals surface area (Å²) in [6, 6.07) is 4.78. The molecule has 0 spiro atoms. The van der Waals surface area contributed by atoms with Crippen LogP contribution in [0.5, 0.6) is 11.5 Å². The van der Waals surface area contributed by atoms with E-state index in [-0.39, 0.29) is 5.56 Å². The number of hydrogen-bond acceptors (Lipinski definition) is 3. The molecule has 1 aromatic carbocycles. The first kappa shape index (κ1) is 17.3. The Balaban J connectivity index is 2.67.